The van der Waals surface area contributed by atoms with E-state index in [1.54, 1.807) is 18.2 Å². The molecule has 0 aromatic heterocycles. The van der Waals surface area contributed by atoms with Crippen LogP contribution in [0.4, 0.5) is 0 Å². The van der Waals surface area contributed by atoms with Gasteiger partial charge in [-0.3, -0.25) is 4.79 Å². The Morgan fingerprint density at radius 2 is 1.46 bits per heavy atom. The molecule has 1 saturated heterocycles. The zero-order valence-corrected chi connectivity index (χ0v) is 24.0. The lowest BCUT2D eigenvalue weighted by Crippen LogP contribution is -2.28. The maximum Gasteiger partial charge on any atom is 0.330 e. The Labute approximate surface area is 235 Å². The number of phenolic OH excluding ortho intramolecular Hbond substituents is 1. The van der Waals surface area contributed by atoms with Crippen molar-refractivity contribution in [3.63, 3.8) is 0 Å². The molecule has 7 nitrogen and oxygen atoms in total. The SMILES string of the molecule is COc1cc(C=CC(=O)OCC2COC(=O)CCCCCCCCCCCCCCCCCCO2)ccc1O. The topological polar surface area (TPSA) is 91.3 Å². The maximum atomic E-state index is 12.3. The second-order valence-corrected chi connectivity index (χ2v) is 10.5. The van der Waals surface area contributed by atoms with Gasteiger partial charge in [-0.15, -0.1) is 0 Å². The van der Waals surface area contributed by atoms with E-state index in [1.165, 1.54) is 96.3 Å². The molecule has 0 radical (unpaired) electrons. The second-order valence-electron chi connectivity index (χ2n) is 10.5. The summed E-state index contributed by atoms with van der Waals surface area (Å²) < 4.78 is 21.9. The zero-order valence-electron chi connectivity index (χ0n) is 24.0. The summed E-state index contributed by atoms with van der Waals surface area (Å²) in [7, 11) is 1.47. The highest BCUT2D eigenvalue weighted by Crippen LogP contribution is 2.26. The number of methoxy groups -OCH3 is 1. The summed E-state index contributed by atoms with van der Waals surface area (Å²) in [5.41, 5.74) is 0.691. The maximum absolute atomic E-state index is 12.3. The Morgan fingerprint density at radius 3 is 2.05 bits per heavy atom. The monoisotopic (exact) mass is 546 g/mol. The van der Waals surface area contributed by atoms with Crippen molar-refractivity contribution in [3.05, 3.63) is 29.8 Å². The molecule has 0 saturated carbocycles. The molecule has 1 aromatic rings. The van der Waals surface area contributed by atoms with E-state index in [9.17, 15) is 14.7 Å². The van der Waals surface area contributed by atoms with Crippen LogP contribution in [0.15, 0.2) is 24.3 Å². The normalized spacial score (nSPS) is 20.6. The van der Waals surface area contributed by atoms with Gasteiger partial charge in [-0.1, -0.05) is 96.0 Å². The lowest BCUT2D eigenvalue weighted by atomic mass is 10.0. The molecular formula is C32H50O7. The molecule has 1 heterocycles. The van der Waals surface area contributed by atoms with Gasteiger partial charge in [0.1, 0.15) is 19.3 Å². The van der Waals surface area contributed by atoms with Gasteiger partial charge in [0.05, 0.1) is 7.11 Å². The fourth-order valence-corrected chi connectivity index (χ4v) is 4.68. The largest absolute Gasteiger partial charge is 0.504 e. The number of rotatable bonds is 5. The number of carbonyl (C=O) groups is 2. The van der Waals surface area contributed by atoms with E-state index in [2.05, 4.69) is 0 Å². The molecule has 39 heavy (non-hydrogen) atoms. The van der Waals surface area contributed by atoms with Gasteiger partial charge in [0.15, 0.2) is 11.5 Å². The summed E-state index contributed by atoms with van der Waals surface area (Å²) in [5.74, 6) is -0.395. The lowest BCUT2D eigenvalue weighted by Gasteiger charge is -2.18. The third-order valence-electron chi connectivity index (χ3n) is 7.09. The summed E-state index contributed by atoms with van der Waals surface area (Å²) in [4.78, 5) is 24.6. The van der Waals surface area contributed by atoms with E-state index in [0.717, 1.165) is 25.7 Å². The Hall–Kier alpha value is -2.54. The number of phenols is 1. The first-order valence-electron chi connectivity index (χ1n) is 15.1. The van der Waals surface area contributed by atoms with E-state index in [-0.39, 0.29) is 24.9 Å². The van der Waals surface area contributed by atoms with E-state index in [0.29, 0.717) is 24.3 Å². The van der Waals surface area contributed by atoms with Crippen LogP contribution in [0.25, 0.3) is 6.08 Å². The number of esters is 2. The summed E-state index contributed by atoms with van der Waals surface area (Å²) >= 11 is 0. The molecule has 0 bridgehead atoms. The third kappa shape index (κ3) is 16.2. The molecule has 1 N–H and O–H groups in total. The van der Waals surface area contributed by atoms with Crippen LogP contribution < -0.4 is 4.74 Å². The molecule has 7 heteroatoms. The number of benzene rings is 1. The molecule has 0 amide bonds. The highest BCUT2D eigenvalue weighted by atomic mass is 16.6. The molecule has 1 aromatic carbocycles. The highest BCUT2D eigenvalue weighted by molar-refractivity contribution is 5.87. The van der Waals surface area contributed by atoms with Crippen LogP contribution >= 0.6 is 0 Å². The number of aromatic hydroxyl groups is 1. The predicted octanol–water partition coefficient (Wildman–Crippen LogP) is 7.53. The van der Waals surface area contributed by atoms with E-state index >= 15 is 0 Å². The van der Waals surface area contributed by atoms with Gasteiger partial charge >= 0.3 is 11.9 Å². The Kier molecular flexibility index (Phi) is 17.8. The predicted molar refractivity (Wildman–Crippen MR) is 154 cm³/mol. The van der Waals surface area contributed by atoms with Crippen LogP contribution in [0.1, 0.15) is 115 Å². The van der Waals surface area contributed by atoms with Crippen LogP contribution in [0.2, 0.25) is 0 Å². The lowest BCUT2D eigenvalue weighted by molar-refractivity contribution is -0.153. The molecule has 2 rings (SSSR count). The van der Waals surface area contributed by atoms with Gasteiger partial charge in [-0.25, -0.2) is 4.79 Å². The van der Waals surface area contributed by atoms with E-state index < -0.39 is 12.1 Å². The van der Waals surface area contributed by atoms with Crippen molar-refractivity contribution >= 4 is 18.0 Å². The minimum atomic E-state index is -0.522. The van der Waals surface area contributed by atoms with Crippen molar-refractivity contribution in [1.82, 2.24) is 0 Å². The molecule has 0 spiro atoms. The van der Waals surface area contributed by atoms with Gasteiger partial charge in [0, 0.05) is 19.1 Å². The number of hydrogen-bond acceptors (Lipinski definition) is 7. The van der Waals surface area contributed by atoms with Crippen LogP contribution in [-0.4, -0.2) is 50.1 Å². The van der Waals surface area contributed by atoms with E-state index in [1.807, 2.05) is 0 Å². The summed E-state index contributed by atoms with van der Waals surface area (Å²) in [6.07, 6.45) is 22.3. The number of cyclic esters (lactones) is 1. The molecule has 1 aliphatic heterocycles. The first kappa shape index (κ1) is 32.7. The quantitative estimate of drug-likeness (QED) is 0.301. The Morgan fingerprint density at radius 1 is 0.897 bits per heavy atom. The smallest absolute Gasteiger partial charge is 0.330 e. The average Bonchev–Trinajstić information content (AvgIpc) is 2.94. The summed E-state index contributed by atoms with van der Waals surface area (Å²) in [5, 5.41) is 9.71. The fraction of sp³-hybridized carbons (Fsp3) is 0.688. The van der Waals surface area contributed by atoms with Crippen LogP contribution in [0.3, 0.4) is 0 Å². The van der Waals surface area contributed by atoms with Gasteiger partial charge in [-0.05, 0) is 36.6 Å². The molecule has 220 valence electrons. The van der Waals surface area contributed by atoms with Gasteiger partial charge < -0.3 is 24.1 Å². The number of carbonyl (C=O) groups excluding carboxylic acids is 2. The summed E-state index contributed by atoms with van der Waals surface area (Å²) in [6, 6.07) is 4.80. The molecule has 1 unspecified atom stereocenters. The number of hydrogen-bond donors (Lipinski definition) is 1. The van der Waals surface area contributed by atoms with Crippen LogP contribution in [0, 0.1) is 0 Å². The minimum absolute atomic E-state index is 0.00928. The van der Waals surface area contributed by atoms with Crippen molar-refractivity contribution in [2.75, 3.05) is 26.9 Å². The fourth-order valence-electron chi connectivity index (χ4n) is 4.68. The third-order valence-corrected chi connectivity index (χ3v) is 7.09. The van der Waals surface area contributed by atoms with Crippen molar-refractivity contribution in [2.45, 2.75) is 115 Å². The van der Waals surface area contributed by atoms with Gasteiger partial charge in [-0.2, -0.15) is 0 Å². The molecular weight excluding hydrogens is 496 g/mol. The number of ether oxygens (including phenoxy) is 4. The molecule has 1 fully saturated rings. The zero-order chi connectivity index (χ0) is 28.0. The van der Waals surface area contributed by atoms with Crippen molar-refractivity contribution in [2.24, 2.45) is 0 Å². The average molecular weight is 547 g/mol. The van der Waals surface area contributed by atoms with Crippen molar-refractivity contribution in [3.8, 4) is 11.5 Å². The minimum Gasteiger partial charge on any atom is -0.504 e. The van der Waals surface area contributed by atoms with Crippen molar-refractivity contribution < 1.29 is 33.6 Å². The molecule has 1 aliphatic rings. The summed E-state index contributed by atoms with van der Waals surface area (Å²) in [6.45, 7) is 0.628. The first-order valence-corrected chi connectivity index (χ1v) is 15.1. The Balaban J connectivity index is 1.80. The highest BCUT2D eigenvalue weighted by Gasteiger charge is 2.15. The van der Waals surface area contributed by atoms with Gasteiger partial charge in [0.25, 0.3) is 0 Å². The van der Waals surface area contributed by atoms with Gasteiger partial charge in [0.2, 0.25) is 0 Å². The first-order chi connectivity index (χ1) is 19.1. The van der Waals surface area contributed by atoms with Crippen molar-refractivity contribution in [1.29, 1.82) is 0 Å². The standard InChI is InChI=1S/C32H50O7/c1-36-30-24-27(19-21-29(30)33)20-22-32(35)39-26-28-25-38-31(34)18-16-14-12-10-8-6-4-2-3-5-7-9-11-13-15-17-23-37-28/h19-22,24,28,33H,2-18,23,25-26H2,1H3. The van der Waals surface area contributed by atoms with E-state index in [4.69, 9.17) is 18.9 Å². The Bertz CT molecular complexity index is 836. The molecule has 1 atom stereocenters. The van der Waals surface area contributed by atoms with Crippen LogP contribution in [-0.2, 0) is 23.8 Å². The van der Waals surface area contributed by atoms with Crippen LogP contribution in [0.5, 0.6) is 11.5 Å². The molecule has 0 aliphatic carbocycles. The second kappa shape index (κ2) is 21.3.